The number of carbonyl (C=O) groups is 1. The van der Waals surface area contributed by atoms with Crippen molar-refractivity contribution in [2.24, 2.45) is 0 Å². The van der Waals surface area contributed by atoms with Gasteiger partial charge in [-0.3, -0.25) is 0 Å². The van der Waals surface area contributed by atoms with E-state index in [9.17, 15) is 31.1 Å². The molecule has 0 unspecified atom stereocenters. The van der Waals surface area contributed by atoms with Crippen molar-refractivity contribution in [3.63, 3.8) is 0 Å². The summed E-state index contributed by atoms with van der Waals surface area (Å²) in [6, 6.07) is 7.66. The van der Waals surface area contributed by atoms with Gasteiger partial charge in [-0.2, -0.15) is 26.3 Å². The number of amides is 2. The summed E-state index contributed by atoms with van der Waals surface area (Å²) in [7, 11) is 0. The van der Waals surface area contributed by atoms with Crippen LogP contribution < -0.4 is 15.4 Å². The van der Waals surface area contributed by atoms with E-state index in [1.807, 2.05) is 0 Å². The lowest BCUT2D eigenvalue weighted by Gasteiger charge is -2.35. The molecule has 1 aliphatic rings. The number of carbonyl (C=O) groups excluding carboxylic acids is 1. The number of alkyl halides is 6. The zero-order chi connectivity index (χ0) is 21.2. The molecule has 2 N–H and O–H groups in total. The lowest BCUT2D eigenvalue weighted by molar-refractivity contribution is -0.138. The van der Waals surface area contributed by atoms with E-state index in [-0.39, 0.29) is 23.6 Å². The van der Waals surface area contributed by atoms with E-state index >= 15 is 0 Å². The molecule has 2 amide bonds. The van der Waals surface area contributed by atoms with E-state index in [2.05, 4.69) is 10.6 Å². The summed E-state index contributed by atoms with van der Waals surface area (Å²) in [5, 5.41) is 4.95. The summed E-state index contributed by atoms with van der Waals surface area (Å²) in [4.78, 5) is 11.9. The molecule has 3 rings (SSSR count). The Hall–Kier alpha value is -2.91. The minimum Gasteiger partial charge on any atom is -0.490 e. The molecule has 10 heteroatoms. The minimum absolute atomic E-state index is 0.00852. The van der Waals surface area contributed by atoms with Crippen molar-refractivity contribution >= 4 is 11.7 Å². The molecule has 0 heterocycles. The Labute approximate surface area is 161 Å². The van der Waals surface area contributed by atoms with Crippen molar-refractivity contribution < 1.29 is 35.9 Å². The fraction of sp³-hybridized carbons (Fsp3) is 0.316. The molecule has 2 aromatic carbocycles. The number of benzene rings is 2. The summed E-state index contributed by atoms with van der Waals surface area (Å²) < 4.78 is 81.2. The van der Waals surface area contributed by atoms with Gasteiger partial charge < -0.3 is 15.4 Å². The number of halogens is 6. The number of hydrogen-bond acceptors (Lipinski definition) is 2. The van der Waals surface area contributed by atoms with E-state index in [4.69, 9.17) is 4.74 Å². The van der Waals surface area contributed by atoms with E-state index in [0.717, 1.165) is 24.3 Å². The third-order valence-electron chi connectivity index (χ3n) is 4.36. The van der Waals surface area contributed by atoms with Gasteiger partial charge in [0.15, 0.2) is 0 Å². The van der Waals surface area contributed by atoms with Gasteiger partial charge in [-0.1, -0.05) is 6.07 Å². The molecule has 0 spiro atoms. The fourth-order valence-corrected chi connectivity index (χ4v) is 2.82. The number of anilines is 1. The largest absolute Gasteiger partial charge is 0.490 e. The first-order chi connectivity index (χ1) is 13.5. The van der Waals surface area contributed by atoms with Gasteiger partial charge in [-0.25, -0.2) is 4.79 Å². The van der Waals surface area contributed by atoms with Crippen molar-refractivity contribution in [3.05, 3.63) is 59.7 Å². The molecule has 1 aliphatic carbocycles. The van der Waals surface area contributed by atoms with Gasteiger partial charge in [-0.15, -0.1) is 0 Å². The zero-order valence-corrected chi connectivity index (χ0v) is 14.8. The Morgan fingerprint density at radius 3 is 2.10 bits per heavy atom. The van der Waals surface area contributed by atoms with E-state index < -0.39 is 29.5 Å². The van der Waals surface area contributed by atoms with Crippen LogP contribution in [0.3, 0.4) is 0 Å². The maximum atomic E-state index is 12.7. The van der Waals surface area contributed by atoms with Gasteiger partial charge in [0, 0.05) is 24.6 Å². The summed E-state index contributed by atoms with van der Waals surface area (Å²) in [6.45, 7) is 0. The van der Waals surface area contributed by atoms with Gasteiger partial charge in [0.25, 0.3) is 0 Å². The van der Waals surface area contributed by atoms with E-state index in [1.165, 1.54) is 24.3 Å². The highest BCUT2D eigenvalue weighted by Gasteiger charge is 2.34. The minimum atomic E-state index is -4.51. The first kappa shape index (κ1) is 20.8. The van der Waals surface area contributed by atoms with Crippen LogP contribution in [0.5, 0.6) is 5.75 Å². The SMILES string of the molecule is O=C(Nc1cccc(C(F)(F)F)c1)NC1CC(Oc2ccc(C(F)(F)F)cc2)C1. The van der Waals surface area contributed by atoms with Crippen molar-refractivity contribution in [1.82, 2.24) is 5.32 Å². The summed E-state index contributed by atoms with van der Waals surface area (Å²) in [5.41, 5.74) is -1.64. The lowest BCUT2D eigenvalue weighted by Crippen LogP contribution is -2.50. The number of urea groups is 1. The van der Waals surface area contributed by atoms with Crippen LogP contribution in [0.15, 0.2) is 48.5 Å². The first-order valence-electron chi connectivity index (χ1n) is 8.59. The average Bonchev–Trinajstić information content (AvgIpc) is 2.59. The second kappa shape index (κ2) is 7.84. The molecule has 0 aliphatic heterocycles. The van der Waals surface area contributed by atoms with Crippen LogP contribution in [0.1, 0.15) is 24.0 Å². The maximum Gasteiger partial charge on any atom is 0.416 e. The van der Waals surface area contributed by atoms with Crippen molar-refractivity contribution in [1.29, 1.82) is 0 Å². The summed E-state index contributed by atoms with van der Waals surface area (Å²) in [6.07, 6.45) is -8.35. The third-order valence-corrected chi connectivity index (χ3v) is 4.36. The number of nitrogens with one attached hydrogen (secondary N) is 2. The van der Waals surface area contributed by atoms with Crippen LogP contribution in [0, 0.1) is 0 Å². The van der Waals surface area contributed by atoms with Gasteiger partial charge in [0.05, 0.1) is 11.1 Å². The van der Waals surface area contributed by atoms with Crippen LogP contribution in [0.2, 0.25) is 0 Å². The standard InChI is InChI=1S/C19H16F6N2O2/c20-18(21,22)11-4-6-15(7-5-11)29-16-9-14(10-16)27-17(28)26-13-3-1-2-12(8-13)19(23,24)25/h1-8,14,16H,9-10H2,(H2,26,27,28). The van der Waals surface area contributed by atoms with Crippen LogP contribution in [-0.4, -0.2) is 18.2 Å². The molecular weight excluding hydrogens is 402 g/mol. The maximum absolute atomic E-state index is 12.7. The Kier molecular flexibility index (Phi) is 5.63. The van der Waals surface area contributed by atoms with Gasteiger partial charge in [0.2, 0.25) is 0 Å². The molecule has 0 aromatic heterocycles. The molecular formula is C19H16F6N2O2. The molecule has 156 valence electrons. The van der Waals surface area contributed by atoms with E-state index in [1.54, 1.807) is 0 Å². The number of hydrogen-bond donors (Lipinski definition) is 2. The normalized spacial score (nSPS) is 19.2. The lowest BCUT2D eigenvalue weighted by atomic mass is 9.89. The third kappa shape index (κ3) is 5.55. The zero-order valence-electron chi connectivity index (χ0n) is 14.8. The molecule has 4 nitrogen and oxygen atoms in total. The predicted octanol–water partition coefficient (Wildman–Crippen LogP) is 5.46. The van der Waals surface area contributed by atoms with Crippen LogP contribution in [0.4, 0.5) is 36.8 Å². The average molecular weight is 418 g/mol. The molecule has 1 fully saturated rings. The monoisotopic (exact) mass is 418 g/mol. The Balaban J connectivity index is 1.44. The molecule has 2 aromatic rings. The summed E-state index contributed by atoms with van der Waals surface area (Å²) >= 11 is 0. The van der Waals surface area contributed by atoms with Crippen molar-refractivity contribution in [3.8, 4) is 5.75 Å². The number of ether oxygens (including phenoxy) is 1. The highest BCUT2D eigenvalue weighted by Crippen LogP contribution is 2.32. The second-order valence-electron chi connectivity index (χ2n) is 6.61. The predicted molar refractivity (Wildman–Crippen MR) is 92.5 cm³/mol. The Morgan fingerprint density at radius 1 is 0.897 bits per heavy atom. The van der Waals surface area contributed by atoms with Crippen LogP contribution in [0.25, 0.3) is 0 Å². The molecule has 0 bridgehead atoms. The van der Waals surface area contributed by atoms with Gasteiger partial charge in [0.1, 0.15) is 11.9 Å². The quantitative estimate of drug-likeness (QED) is 0.649. The topological polar surface area (TPSA) is 50.4 Å². The van der Waals surface area contributed by atoms with E-state index in [0.29, 0.717) is 12.8 Å². The fourth-order valence-electron chi connectivity index (χ4n) is 2.82. The highest BCUT2D eigenvalue weighted by molar-refractivity contribution is 5.89. The molecule has 0 radical (unpaired) electrons. The Morgan fingerprint density at radius 2 is 1.52 bits per heavy atom. The molecule has 29 heavy (non-hydrogen) atoms. The van der Waals surface area contributed by atoms with Gasteiger partial charge >= 0.3 is 18.4 Å². The highest BCUT2D eigenvalue weighted by atomic mass is 19.4. The molecule has 0 saturated heterocycles. The van der Waals surface area contributed by atoms with Crippen molar-refractivity contribution in [2.45, 2.75) is 37.3 Å². The second-order valence-corrected chi connectivity index (χ2v) is 6.61. The smallest absolute Gasteiger partial charge is 0.416 e. The Bertz CT molecular complexity index is 858. The van der Waals surface area contributed by atoms with Gasteiger partial charge in [-0.05, 0) is 42.5 Å². The van der Waals surface area contributed by atoms with Crippen LogP contribution in [-0.2, 0) is 12.4 Å². The van der Waals surface area contributed by atoms with Crippen molar-refractivity contribution in [2.75, 3.05) is 5.32 Å². The van der Waals surface area contributed by atoms with Crippen LogP contribution >= 0.6 is 0 Å². The first-order valence-corrected chi connectivity index (χ1v) is 8.59. The summed E-state index contributed by atoms with van der Waals surface area (Å²) in [5.74, 6) is 0.287. The molecule has 0 atom stereocenters. The molecule has 1 saturated carbocycles. The number of rotatable bonds is 4.